The van der Waals surface area contributed by atoms with E-state index in [0.29, 0.717) is 5.69 Å². The molecule has 27 heavy (non-hydrogen) atoms. The average molecular weight is 370 g/mol. The zero-order valence-corrected chi connectivity index (χ0v) is 16.7. The maximum atomic E-state index is 9.60. The molecule has 1 fully saturated rings. The highest BCUT2D eigenvalue weighted by molar-refractivity contribution is 5.58. The largest absolute Gasteiger partial charge is 0.393 e. The monoisotopic (exact) mass is 369 g/mol. The van der Waals surface area contributed by atoms with Crippen LogP contribution in [0, 0.1) is 0 Å². The molecule has 0 bridgehead atoms. The third kappa shape index (κ3) is 5.62. The lowest BCUT2D eigenvalue weighted by atomic mass is 10.1. The number of hydrogen-bond donors (Lipinski definition) is 1. The molecule has 1 aliphatic rings. The summed E-state index contributed by atoms with van der Waals surface area (Å²) in [6, 6.07) is 1.88. The number of rotatable bonds is 3. The summed E-state index contributed by atoms with van der Waals surface area (Å²) in [5.74, 6) is 0.762. The number of aliphatic hydroxyl groups is 1. The van der Waals surface area contributed by atoms with Crippen LogP contribution in [0.2, 0.25) is 0 Å². The maximum absolute atomic E-state index is 9.60. The van der Waals surface area contributed by atoms with Crippen molar-refractivity contribution in [3.05, 3.63) is 48.0 Å². The van der Waals surface area contributed by atoms with Gasteiger partial charge in [0.2, 0.25) is 0 Å². The quantitative estimate of drug-likeness (QED) is 0.839. The minimum atomic E-state index is -0.213. The van der Waals surface area contributed by atoms with Crippen LogP contribution in [-0.4, -0.2) is 44.3 Å². The second kappa shape index (κ2) is 11.1. The van der Waals surface area contributed by atoms with Crippen LogP contribution in [-0.2, 0) is 7.05 Å². The van der Waals surface area contributed by atoms with Gasteiger partial charge >= 0.3 is 0 Å². The Morgan fingerprint density at radius 2 is 1.67 bits per heavy atom. The van der Waals surface area contributed by atoms with Crippen molar-refractivity contribution in [1.29, 1.82) is 0 Å². The van der Waals surface area contributed by atoms with Gasteiger partial charge in [0.25, 0.3) is 0 Å². The van der Waals surface area contributed by atoms with Gasteiger partial charge in [-0.3, -0.25) is 4.68 Å². The first-order chi connectivity index (χ1) is 13.0. The van der Waals surface area contributed by atoms with Gasteiger partial charge in [-0.2, -0.15) is 5.10 Å². The van der Waals surface area contributed by atoms with E-state index < -0.39 is 0 Å². The van der Waals surface area contributed by atoms with E-state index in [1.54, 1.807) is 23.0 Å². The Morgan fingerprint density at radius 1 is 1.07 bits per heavy atom. The highest BCUT2D eigenvalue weighted by Gasteiger charge is 2.20. The third-order valence-corrected chi connectivity index (χ3v) is 4.16. The number of nitrogens with zero attached hydrogens (tertiary/aromatic N) is 5. The van der Waals surface area contributed by atoms with Gasteiger partial charge in [-0.15, -0.1) is 10.2 Å². The molecule has 1 N–H and O–H groups in total. The van der Waals surface area contributed by atoms with Crippen molar-refractivity contribution in [3.8, 4) is 11.4 Å². The standard InChI is InChI=1S/C15H19N5O.C4H6.C2H6/c1-10-11(2)15(20-8-5-12(21)6-9-20)18-17-14(10)13-4-7-16-19(13)3;1-3-4-2;1-2/h4,7,12,21H,1-2,5-6,8-9H2,3H3;3-4H,1-2H2;1-2H3. The van der Waals surface area contributed by atoms with Crippen LogP contribution in [0.1, 0.15) is 26.7 Å². The van der Waals surface area contributed by atoms with Crippen LogP contribution in [0.25, 0.3) is 24.5 Å². The Bertz CT molecular complexity index is 829. The molecule has 146 valence electrons. The lowest BCUT2D eigenvalue weighted by Crippen LogP contribution is -2.42. The van der Waals surface area contributed by atoms with Crippen LogP contribution in [0.15, 0.2) is 37.6 Å². The van der Waals surface area contributed by atoms with Crippen molar-refractivity contribution in [2.75, 3.05) is 18.0 Å². The van der Waals surface area contributed by atoms with E-state index in [0.717, 1.165) is 47.9 Å². The number of hydrogen-bond acceptors (Lipinski definition) is 5. The van der Waals surface area contributed by atoms with Crippen molar-refractivity contribution in [3.63, 3.8) is 0 Å². The summed E-state index contributed by atoms with van der Waals surface area (Å²) in [6.45, 7) is 20.5. The Hall–Kier alpha value is -2.73. The Kier molecular flexibility index (Phi) is 9.16. The molecule has 6 heteroatoms. The molecular weight excluding hydrogens is 338 g/mol. The molecule has 0 amide bonds. The molecule has 0 unspecified atom stereocenters. The molecule has 1 saturated heterocycles. The fraction of sp³-hybridized carbons (Fsp3) is 0.381. The first-order valence-corrected chi connectivity index (χ1v) is 9.19. The smallest absolute Gasteiger partial charge is 0.158 e. The van der Waals surface area contributed by atoms with Crippen molar-refractivity contribution >= 4 is 19.0 Å². The summed E-state index contributed by atoms with van der Waals surface area (Å²) in [5, 5.41) is 24.0. The van der Waals surface area contributed by atoms with Crippen LogP contribution >= 0.6 is 0 Å². The van der Waals surface area contributed by atoms with Crippen LogP contribution < -0.4 is 15.3 Å². The normalized spacial score (nSPS) is 13.7. The van der Waals surface area contributed by atoms with Gasteiger partial charge in [-0.1, -0.05) is 52.3 Å². The van der Waals surface area contributed by atoms with E-state index in [1.165, 1.54) is 0 Å². The zero-order chi connectivity index (χ0) is 20.4. The van der Waals surface area contributed by atoms with Crippen molar-refractivity contribution in [2.24, 2.45) is 7.05 Å². The number of aromatic nitrogens is 4. The topological polar surface area (TPSA) is 67.1 Å². The van der Waals surface area contributed by atoms with Crippen LogP contribution in [0.3, 0.4) is 0 Å². The third-order valence-electron chi connectivity index (χ3n) is 4.16. The SMILES string of the molecule is C=CC=C.C=c1c(-c2ccnn2C)nnc(N2CCC(O)CC2)c1=C.CC. The molecule has 0 atom stereocenters. The first kappa shape index (κ1) is 22.3. The molecular formula is C21H31N5O. The van der Waals surface area contributed by atoms with Crippen molar-refractivity contribution < 1.29 is 5.11 Å². The van der Waals surface area contributed by atoms with E-state index >= 15 is 0 Å². The molecule has 0 aliphatic carbocycles. The van der Waals surface area contributed by atoms with E-state index in [9.17, 15) is 5.11 Å². The number of piperidine rings is 1. The molecule has 2 aromatic heterocycles. The minimum absolute atomic E-state index is 0.213. The van der Waals surface area contributed by atoms with Gasteiger partial charge < -0.3 is 10.0 Å². The Labute approximate surface area is 161 Å². The molecule has 0 radical (unpaired) electrons. The van der Waals surface area contributed by atoms with Gasteiger partial charge in [0.15, 0.2) is 5.82 Å². The second-order valence-corrected chi connectivity index (χ2v) is 5.86. The number of aryl methyl sites for hydroxylation is 1. The Morgan fingerprint density at radius 3 is 2.15 bits per heavy atom. The number of aliphatic hydroxyl groups excluding tert-OH is 1. The molecule has 0 spiro atoms. The summed E-state index contributed by atoms with van der Waals surface area (Å²) in [5.41, 5.74) is 1.58. The predicted molar refractivity (Wildman–Crippen MR) is 114 cm³/mol. The van der Waals surface area contributed by atoms with E-state index in [4.69, 9.17) is 0 Å². The van der Waals surface area contributed by atoms with Gasteiger partial charge in [-0.05, 0) is 18.9 Å². The predicted octanol–water partition coefficient (Wildman–Crippen LogP) is 2.04. The molecule has 1 aliphatic heterocycles. The van der Waals surface area contributed by atoms with Crippen LogP contribution in [0.5, 0.6) is 0 Å². The number of allylic oxidation sites excluding steroid dienone is 2. The number of anilines is 1. The molecule has 2 aromatic rings. The fourth-order valence-corrected chi connectivity index (χ4v) is 2.64. The summed E-state index contributed by atoms with van der Waals surface area (Å²) >= 11 is 0. The summed E-state index contributed by atoms with van der Waals surface area (Å²) < 4.78 is 1.75. The maximum Gasteiger partial charge on any atom is 0.158 e. The highest BCUT2D eigenvalue weighted by atomic mass is 16.3. The summed E-state index contributed by atoms with van der Waals surface area (Å²) in [4.78, 5) is 2.11. The van der Waals surface area contributed by atoms with Crippen LogP contribution in [0.4, 0.5) is 5.82 Å². The molecule has 6 nitrogen and oxygen atoms in total. The van der Waals surface area contributed by atoms with Crippen molar-refractivity contribution in [2.45, 2.75) is 32.8 Å². The van der Waals surface area contributed by atoms with Gasteiger partial charge in [0, 0.05) is 36.8 Å². The lowest BCUT2D eigenvalue weighted by molar-refractivity contribution is 0.145. The molecule has 0 aromatic carbocycles. The molecule has 3 rings (SSSR count). The van der Waals surface area contributed by atoms with Gasteiger partial charge in [0.1, 0.15) is 5.69 Å². The van der Waals surface area contributed by atoms with E-state index in [2.05, 4.69) is 46.5 Å². The lowest BCUT2D eigenvalue weighted by Gasteiger charge is -2.30. The first-order valence-electron chi connectivity index (χ1n) is 9.19. The minimum Gasteiger partial charge on any atom is -0.393 e. The van der Waals surface area contributed by atoms with Gasteiger partial charge in [-0.25, -0.2) is 0 Å². The fourth-order valence-electron chi connectivity index (χ4n) is 2.64. The van der Waals surface area contributed by atoms with Crippen molar-refractivity contribution in [1.82, 2.24) is 20.0 Å². The zero-order valence-electron chi connectivity index (χ0n) is 16.7. The Balaban J connectivity index is 0.000000541. The second-order valence-electron chi connectivity index (χ2n) is 5.86. The van der Waals surface area contributed by atoms with Gasteiger partial charge in [0.05, 0.1) is 11.8 Å². The van der Waals surface area contributed by atoms with E-state index in [1.807, 2.05) is 27.0 Å². The summed E-state index contributed by atoms with van der Waals surface area (Å²) in [7, 11) is 1.86. The van der Waals surface area contributed by atoms with E-state index in [-0.39, 0.29) is 6.10 Å². The molecule has 3 heterocycles. The molecule has 0 saturated carbocycles. The summed E-state index contributed by atoms with van der Waals surface area (Å²) in [6.07, 6.45) is 6.28. The average Bonchev–Trinajstić information content (AvgIpc) is 3.12. The highest BCUT2D eigenvalue weighted by Crippen LogP contribution is 2.15.